The van der Waals surface area contributed by atoms with Gasteiger partial charge < -0.3 is 10.1 Å². The van der Waals surface area contributed by atoms with Crippen LogP contribution in [0.5, 0.6) is 5.75 Å². The molecule has 0 spiro atoms. The van der Waals surface area contributed by atoms with E-state index < -0.39 is 15.9 Å². The van der Waals surface area contributed by atoms with Gasteiger partial charge in [-0.2, -0.15) is 0 Å². The zero-order chi connectivity index (χ0) is 23.3. The molecule has 0 fully saturated rings. The predicted octanol–water partition coefficient (Wildman–Crippen LogP) is 2.44. The number of carbonyl (C=O) groups is 1. The summed E-state index contributed by atoms with van der Waals surface area (Å²) in [6, 6.07) is 19.5. The summed E-state index contributed by atoms with van der Waals surface area (Å²) in [5.74, 6) is 0.0238. The number of nitrogens with one attached hydrogen (secondary N) is 2. The second-order valence-corrected chi connectivity index (χ2v) is 9.07. The fourth-order valence-electron chi connectivity index (χ4n) is 2.86. The Morgan fingerprint density at radius 1 is 1.03 bits per heavy atom. The summed E-state index contributed by atoms with van der Waals surface area (Å²) in [4.78, 5) is 12.5. The van der Waals surface area contributed by atoms with Gasteiger partial charge in [0.25, 0.3) is 15.9 Å². The molecule has 2 radical (unpaired) electrons. The summed E-state index contributed by atoms with van der Waals surface area (Å²) in [6.07, 6.45) is 0. The summed E-state index contributed by atoms with van der Waals surface area (Å²) in [6.45, 7) is 0. The van der Waals surface area contributed by atoms with Crippen LogP contribution in [0.25, 0.3) is 0 Å². The number of carbonyl (C=O) groups excluding carboxylic acids is 1. The van der Waals surface area contributed by atoms with Crippen molar-refractivity contribution in [2.75, 3.05) is 23.8 Å². The first-order chi connectivity index (χ1) is 15.2. The molecule has 32 heavy (non-hydrogen) atoms. The average molecular weight is 465 g/mol. The Labute approximate surface area is 193 Å². The van der Waals surface area contributed by atoms with Crippen molar-refractivity contribution in [2.45, 2.75) is 4.90 Å². The minimum absolute atomic E-state index is 0.0569. The number of anilines is 2. The summed E-state index contributed by atoms with van der Waals surface area (Å²) >= 11 is 5.18. The summed E-state index contributed by atoms with van der Waals surface area (Å²) < 4.78 is 32.0. The van der Waals surface area contributed by atoms with Crippen molar-refractivity contribution in [3.05, 3.63) is 78.4 Å². The Bertz CT molecular complexity index is 1230. The summed E-state index contributed by atoms with van der Waals surface area (Å²) in [5, 5.41) is 5.46. The van der Waals surface area contributed by atoms with E-state index in [2.05, 4.69) is 10.6 Å². The van der Waals surface area contributed by atoms with Crippen LogP contribution in [0.4, 0.5) is 11.4 Å². The second kappa shape index (κ2) is 9.84. The van der Waals surface area contributed by atoms with Crippen molar-refractivity contribution >= 4 is 57.9 Å². The first-order valence-electron chi connectivity index (χ1n) is 9.42. The van der Waals surface area contributed by atoms with Gasteiger partial charge in [0.05, 0.1) is 17.7 Å². The highest BCUT2D eigenvalue weighted by molar-refractivity contribution is 7.92. The SMILES string of the molecule is [B]c1cc(C(=O)NC(=S)Nc2ccc(S(=O)(=O)N(C)c3ccccc3)cc2)ccc1OC. The third-order valence-electron chi connectivity index (χ3n) is 4.61. The number of amides is 1. The maximum absolute atomic E-state index is 12.8. The highest BCUT2D eigenvalue weighted by Gasteiger charge is 2.21. The maximum atomic E-state index is 12.8. The molecule has 0 heterocycles. The number of benzene rings is 3. The smallest absolute Gasteiger partial charge is 0.264 e. The molecule has 0 saturated heterocycles. The molecule has 0 aromatic heterocycles. The lowest BCUT2D eigenvalue weighted by Crippen LogP contribution is -2.34. The molecule has 0 unspecified atom stereocenters. The zero-order valence-corrected chi connectivity index (χ0v) is 19.0. The van der Waals surface area contributed by atoms with Crippen LogP contribution in [-0.4, -0.2) is 41.4 Å². The van der Waals surface area contributed by atoms with Crippen LogP contribution in [0.1, 0.15) is 10.4 Å². The van der Waals surface area contributed by atoms with Crippen LogP contribution < -0.4 is 25.1 Å². The lowest BCUT2D eigenvalue weighted by Gasteiger charge is -2.19. The van der Waals surface area contributed by atoms with Crippen LogP contribution in [0.2, 0.25) is 0 Å². The van der Waals surface area contributed by atoms with E-state index in [-0.39, 0.29) is 10.0 Å². The standard InChI is InChI=1S/C22H20BN3O4S2/c1-26(17-6-4-3-5-7-17)32(28,29)18-11-9-16(10-12-18)24-22(31)25-21(27)15-8-13-20(30-2)19(23)14-15/h3-14H,1-2H3,(H2,24,25,27,31). The number of hydrogen-bond donors (Lipinski definition) is 2. The molecule has 0 saturated carbocycles. The Balaban J connectivity index is 1.65. The topological polar surface area (TPSA) is 87.7 Å². The molecule has 3 rings (SSSR count). The van der Waals surface area contributed by atoms with Gasteiger partial charge >= 0.3 is 0 Å². The van der Waals surface area contributed by atoms with Crippen molar-refractivity contribution in [1.82, 2.24) is 5.32 Å². The number of ether oxygens (including phenoxy) is 1. The minimum atomic E-state index is -3.72. The van der Waals surface area contributed by atoms with E-state index in [1.54, 1.807) is 48.5 Å². The molecule has 10 heteroatoms. The molecular formula is C22H20BN3O4S2. The molecular weight excluding hydrogens is 445 g/mol. The minimum Gasteiger partial charge on any atom is -0.497 e. The van der Waals surface area contributed by atoms with Crippen LogP contribution in [-0.2, 0) is 10.0 Å². The largest absolute Gasteiger partial charge is 0.497 e. The number of sulfonamides is 1. The Kier molecular flexibility index (Phi) is 7.17. The van der Waals surface area contributed by atoms with Gasteiger partial charge in [-0.3, -0.25) is 14.4 Å². The first-order valence-corrected chi connectivity index (χ1v) is 11.3. The number of methoxy groups -OCH3 is 1. The van der Waals surface area contributed by atoms with Gasteiger partial charge in [0.1, 0.15) is 13.6 Å². The third kappa shape index (κ3) is 5.27. The summed E-state index contributed by atoms with van der Waals surface area (Å²) in [5.41, 5.74) is 1.72. The highest BCUT2D eigenvalue weighted by Crippen LogP contribution is 2.22. The third-order valence-corrected chi connectivity index (χ3v) is 6.61. The molecule has 7 nitrogen and oxygen atoms in total. The molecule has 3 aromatic carbocycles. The van der Waals surface area contributed by atoms with Gasteiger partial charge in [0.2, 0.25) is 0 Å². The fourth-order valence-corrected chi connectivity index (χ4v) is 4.26. The molecule has 3 aromatic rings. The van der Waals surface area contributed by atoms with E-state index in [4.69, 9.17) is 24.8 Å². The predicted molar refractivity (Wildman–Crippen MR) is 131 cm³/mol. The van der Waals surface area contributed by atoms with Crippen LogP contribution in [0.3, 0.4) is 0 Å². The number of para-hydroxylation sites is 1. The lowest BCUT2D eigenvalue weighted by atomic mass is 9.93. The molecule has 1 amide bonds. The molecule has 0 bridgehead atoms. The van der Waals surface area contributed by atoms with E-state index in [9.17, 15) is 13.2 Å². The van der Waals surface area contributed by atoms with Gasteiger partial charge in [-0.15, -0.1) is 0 Å². The van der Waals surface area contributed by atoms with Crippen molar-refractivity contribution in [1.29, 1.82) is 0 Å². The molecule has 2 N–H and O–H groups in total. The molecule has 0 aliphatic rings. The van der Waals surface area contributed by atoms with E-state index in [1.807, 2.05) is 6.07 Å². The Hall–Kier alpha value is -3.37. The van der Waals surface area contributed by atoms with Crippen LogP contribution in [0, 0.1) is 0 Å². The summed E-state index contributed by atoms with van der Waals surface area (Å²) in [7, 11) is 5.08. The number of nitrogens with zero attached hydrogens (tertiary/aromatic N) is 1. The van der Waals surface area contributed by atoms with Gasteiger partial charge in [-0.25, -0.2) is 8.42 Å². The first kappa shape index (κ1) is 23.3. The number of thiocarbonyl (C=S) groups is 1. The normalized spacial score (nSPS) is 10.8. The van der Waals surface area contributed by atoms with Crippen LogP contribution >= 0.6 is 12.2 Å². The van der Waals surface area contributed by atoms with E-state index in [1.165, 1.54) is 36.7 Å². The molecule has 0 atom stereocenters. The van der Waals surface area contributed by atoms with Crippen molar-refractivity contribution < 1.29 is 17.9 Å². The van der Waals surface area contributed by atoms with Crippen molar-refractivity contribution in [3.63, 3.8) is 0 Å². The van der Waals surface area contributed by atoms with Gasteiger partial charge in [-0.1, -0.05) is 29.7 Å². The maximum Gasteiger partial charge on any atom is 0.264 e. The molecule has 162 valence electrons. The van der Waals surface area contributed by atoms with Gasteiger partial charge in [0, 0.05) is 18.3 Å². The highest BCUT2D eigenvalue weighted by atomic mass is 32.2. The quantitative estimate of drug-likeness (QED) is 0.430. The van der Waals surface area contributed by atoms with Gasteiger partial charge in [-0.05, 0) is 60.7 Å². The average Bonchev–Trinajstić information content (AvgIpc) is 2.79. The Morgan fingerprint density at radius 2 is 1.69 bits per heavy atom. The van der Waals surface area contributed by atoms with Crippen LogP contribution in [0.15, 0.2) is 77.7 Å². The molecule has 0 aliphatic heterocycles. The lowest BCUT2D eigenvalue weighted by molar-refractivity contribution is 0.0978. The fraction of sp³-hybridized carbons (Fsp3) is 0.0909. The zero-order valence-electron chi connectivity index (χ0n) is 17.4. The number of rotatable bonds is 6. The molecule has 0 aliphatic carbocycles. The number of hydrogen-bond acceptors (Lipinski definition) is 5. The van der Waals surface area contributed by atoms with E-state index in [0.29, 0.717) is 28.2 Å². The Morgan fingerprint density at radius 3 is 2.28 bits per heavy atom. The van der Waals surface area contributed by atoms with Crippen molar-refractivity contribution in [3.8, 4) is 5.75 Å². The monoisotopic (exact) mass is 465 g/mol. The van der Waals surface area contributed by atoms with E-state index >= 15 is 0 Å². The van der Waals surface area contributed by atoms with E-state index in [0.717, 1.165) is 0 Å². The van der Waals surface area contributed by atoms with Gasteiger partial charge in [0.15, 0.2) is 5.11 Å². The van der Waals surface area contributed by atoms with Crippen molar-refractivity contribution in [2.24, 2.45) is 0 Å². The second-order valence-electron chi connectivity index (χ2n) is 6.70.